The van der Waals surface area contributed by atoms with Gasteiger partial charge in [0, 0.05) is 12.1 Å². The van der Waals surface area contributed by atoms with Crippen LogP contribution in [0.3, 0.4) is 0 Å². The third-order valence-electron chi connectivity index (χ3n) is 2.16. The van der Waals surface area contributed by atoms with Crippen LogP contribution in [0.25, 0.3) is 0 Å². The van der Waals surface area contributed by atoms with Crippen molar-refractivity contribution in [2.24, 2.45) is 0 Å². The Kier molecular flexibility index (Phi) is 4.11. The van der Waals surface area contributed by atoms with Gasteiger partial charge in [-0.25, -0.2) is 0 Å². The lowest BCUT2D eigenvalue weighted by Gasteiger charge is -2.10. The maximum Gasteiger partial charge on any atom is 0.175 e. The Labute approximate surface area is 119 Å². The molecule has 0 atom stereocenters. The molecule has 0 spiro atoms. The summed E-state index contributed by atoms with van der Waals surface area (Å²) in [4.78, 5) is 0. The minimum atomic E-state index is 0.207. The standard InChI is InChI=1S/C11H8Cl3N3O/c1-18-6-2-3-7(12)8(4-6)15-9-5-10(13)16-17-11(9)14/h2-5H,1H3,(H,15,16). The zero-order valence-electron chi connectivity index (χ0n) is 9.25. The van der Waals surface area contributed by atoms with E-state index in [1.807, 2.05) is 0 Å². The smallest absolute Gasteiger partial charge is 0.175 e. The molecule has 2 aromatic rings. The van der Waals surface area contributed by atoms with Gasteiger partial charge in [-0.05, 0) is 12.1 Å². The number of halogens is 3. The molecule has 0 aliphatic carbocycles. The van der Waals surface area contributed by atoms with Gasteiger partial charge in [-0.3, -0.25) is 0 Å². The van der Waals surface area contributed by atoms with Crippen LogP contribution in [0.4, 0.5) is 11.4 Å². The minimum absolute atomic E-state index is 0.207. The molecule has 2 rings (SSSR count). The van der Waals surface area contributed by atoms with Gasteiger partial charge in [-0.2, -0.15) is 0 Å². The van der Waals surface area contributed by atoms with Crippen LogP contribution < -0.4 is 10.1 Å². The van der Waals surface area contributed by atoms with Crippen LogP contribution in [-0.4, -0.2) is 17.3 Å². The highest BCUT2D eigenvalue weighted by Gasteiger charge is 2.08. The summed E-state index contributed by atoms with van der Waals surface area (Å²) in [5.74, 6) is 0.672. The second-order valence-electron chi connectivity index (χ2n) is 3.34. The zero-order valence-corrected chi connectivity index (χ0v) is 11.5. The number of nitrogens with one attached hydrogen (secondary N) is 1. The van der Waals surface area contributed by atoms with Crippen molar-refractivity contribution >= 4 is 46.2 Å². The first-order valence-corrected chi connectivity index (χ1v) is 6.03. The molecule has 18 heavy (non-hydrogen) atoms. The Balaban J connectivity index is 2.36. The summed E-state index contributed by atoms with van der Waals surface area (Å²) in [6.07, 6.45) is 0. The molecule has 1 N–H and O–H groups in total. The SMILES string of the molecule is COc1ccc(Cl)c(Nc2cc(Cl)nnc2Cl)c1. The Hall–Kier alpha value is -1.23. The van der Waals surface area contributed by atoms with E-state index in [4.69, 9.17) is 39.5 Å². The number of aromatic nitrogens is 2. The zero-order chi connectivity index (χ0) is 13.1. The number of methoxy groups -OCH3 is 1. The molecule has 7 heteroatoms. The van der Waals surface area contributed by atoms with Crippen LogP contribution >= 0.6 is 34.8 Å². The molecular weight excluding hydrogens is 296 g/mol. The third kappa shape index (κ3) is 2.96. The van der Waals surface area contributed by atoms with Gasteiger partial charge in [0.05, 0.1) is 23.5 Å². The molecule has 0 aliphatic rings. The van der Waals surface area contributed by atoms with Gasteiger partial charge in [0.15, 0.2) is 10.3 Å². The van der Waals surface area contributed by atoms with E-state index in [0.29, 0.717) is 22.1 Å². The van der Waals surface area contributed by atoms with Gasteiger partial charge in [0.2, 0.25) is 0 Å². The molecule has 0 aliphatic heterocycles. The van der Waals surface area contributed by atoms with E-state index < -0.39 is 0 Å². The van der Waals surface area contributed by atoms with Crippen LogP contribution in [0.15, 0.2) is 24.3 Å². The van der Waals surface area contributed by atoms with Crippen molar-refractivity contribution in [3.05, 3.63) is 39.6 Å². The molecule has 0 bridgehead atoms. The monoisotopic (exact) mass is 303 g/mol. The number of nitrogens with zero attached hydrogens (tertiary/aromatic N) is 2. The van der Waals surface area contributed by atoms with Crippen LogP contribution in [0.2, 0.25) is 15.3 Å². The first-order chi connectivity index (χ1) is 8.60. The van der Waals surface area contributed by atoms with Crippen molar-refractivity contribution in [2.45, 2.75) is 0 Å². The van der Waals surface area contributed by atoms with Crippen LogP contribution in [0.5, 0.6) is 5.75 Å². The average Bonchev–Trinajstić information content (AvgIpc) is 2.36. The highest BCUT2D eigenvalue weighted by atomic mass is 35.5. The van der Waals surface area contributed by atoms with E-state index in [-0.39, 0.29) is 10.3 Å². The first-order valence-electron chi connectivity index (χ1n) is 4.89. The summed E-state index contributed by atoms with van der Waals surface area (Å²) in [5.41, 5.74) is 1.16. The topological polar surface area (TPSA) is 47.0 Å². The van der Waals surface area contributed by atoms with Crippen LogP contribution in [-0.2, 0) is 0 Å². The Morgan fingerprint density at radius 2 is 1.83 bits per heavy atom. The van der Waals surface area contributed by atoms with E-state index in [1.54, 1.807) is 31.4 Å². The molecular formula is C11H8Cl3N3O. The number of hydrogen-bond acceptors (Lipinski definition) is 4. The summed E-state index contributed by atoms with van der Waals surface area (Å²) in [7, 11) is 1.57. The maximum atomic E-state index is 6.07. The highest BCUT2D eigenvalue weighted by Crippen LogP contribution is 2.32. The maximum absolute atomic E-state index is 6.07. The lowest BCUT2D eigenvalue weighted by molar-refractivity contribution is 0.415. The molecule has 1 heterocycles. The summed E-state index contributed by atoms with van der Waals surface area (Å²) in [6, 6.07) is 6.78. The van der Waals surface area contributed by atoms with E-state index in [1.165, 1.54) is 0 Å². The Morgan fingerprint density at radius 3 is 2.56 bits per heavy atom. The van der Waals surface area contributed by atoms with Crippen molar-refractivity contribution in [3.8, 4) is 5.75 Å². The Morgan fingerprint density at radius 1 is 1.06 bits per heavy atom. The summed E-state index contributed by atoms with van der Waals surface area (Å²) < 4.78 is 5.12. The van der Waals surface area contributed by atoms with Crippen molar-refractivity contribution in [1.29, 1.82) is 0 Å². The number of hydrogen-bond donors (Lipinski definition) is 1. The molecule has 94 valence electrons. The Bertz CT molecular complexity index is 577. The van der Waals surface area contributed by atoms with Crippen molar-refractivity contribution < 1.29 is 4.74 Å². The number of benzene rings is 1. The van der Waals surface area contributed by atoms with Crippen molar-refractivity contribution in [1.82, 2.24) is 10.2 Å². The van der Waals surface area contributed by atoms with Gasteiger partial charge in [0.1, 0.15) is 5.75 Å². The van der Waals surface area contributed by atoms with Crippen molar-refractivity contribution in [2.75, 3.05) is 12.4 Å². The largest absolute Gasteiger partial charge is 0.497 e. The number of rotatable bonds is 3. The van der Waals surface area contributed by atoms with Gasteiger partial charge in [0.25, 0.3) is 0 Å². The van der Waals surface area contributed by atoms with E-state index in [9.17, 15) is 0 Å². The number of ether oxygens (including phenoxy) is 1. The first kappa shape index (κ1) is 13.2. The second-order valence-corrected chi connectivity index (χ2v) is 4.49. The van der Waals surface area contributed by atoms with E-state index in [0.717, 1.165) is 0 Å². The molecule has 0 unspecified atom stereocenters. The summed E-state index contributed by atoms with van der Waals surface area (Å²) >= 11 is 17.7. The quantitative estimate of drug-likeness (QED) is 0.923. The van der Waals surface area contributed by atoms with Crippen LogP contribution in [0.1, 0.15) is 0 Å². The lowest BCUT2D eigenvalue weighted by atomic mass is 10.3. The average molecular weight is 305 g/mol. The van der Waals surface area contributed by atoms with Gasteiger partial charge in [-0.1, -0.05) is 34.8 Å². The van der Waals surface area contributed by atoms with Gasteiger partial charge >= 0.3 is 0 Å². The normalized spacial score (nSPS) is 10.2. The molecule has 0 saturated carbocycles. The molecule has 0 radical (unpaired) electrons. The predicted molar refractivity (Wildman–Crippen MR) is 73.3 cm³/mol. The number of anilines is 2. The molecule has 4 nitrogen and oxygen atoms in total. The minimum Gasteiger partial charge on any atom is -0.497 e. The van der Waals surface area contributed by atoms with Gasteiger partial charge < -0.3 is 10.1 Å². The fraction of sp³-hybridized carbons (Fsp3) is 0.0909. The molecule has 0 amide bonds. The van der Waals surface area contributed by atoms with E-state index in [2.05, 4.69) is 15.5 Å². The van der Waals surface area contributed by atoms with Crippen molar-refractivity contribution in [3.63, 3.8) is 0 Å². The van der Waals surface area contributed by atoms with Gasteiger partial charge in [-0.15, -0.1) is 10.2 Å². The summed E-state index contributed by atoms with van der Waals surface area (Å²) in [6.45, 7) is 0. The second kappa shape index (κ2) is 5.61. The predicted octanol–water partition coefficient (Wildman–Crippen LogP) is 4.19. The molecule has 0 saturated heterocycles. The molecule has 0 fully saturated rings. The molecule has 1 aromatic heterocycles. The fourth-order valence-electron chi connectivity index (χ4n) is 1.31. The van der Waals surface area contributed by atoms with Crippen LogP contribution in [0, 0.1) is 0 Å². The van der Waals surface area contributed by atoms with E-state index >= 15 is 0 Å². The fourth-order valence-corrected chi connectivity index (χ4v) is 1.76. The molecule has 1 aromatic carbocycles. The highest BCUT2D eigenvalue weighted by molar-refractivity contribution is 6.35. The summed E-state index contributed by atoms with van der Waals surface area (Å²) in [5, 5.41) is 11.3. The lowest BCUT2D eigenvalue weighted by Crippen LogP contribution is -1.96. The third-order valence-corrected chi connectivity index (χ3v) is 2.96.